The standard InChI is InChI=1S/C24H29F3N6O3S/c1-28-23(37)32-10-8-31(9-11-32)18-13-20(15-29-14-18)36-19-5-2-16(3-6-19)30-17-4-7-22(33(34)35)21(12-17)24(25,26)27/h4,7,12-16,19,30H,2-3,5-6,8-11H2,1H3,(H,28,37)/t16-,19-. The van der Waals surface area contributed by atoms with E-state index in [-0.39, 0.29) is 17.8 Å². The van der Waals surface area contributed by atoms with E-state index in [0.717, 1.165) is 62.0 Å². The molecule has 200 valence electrons. The van der Waals surface area contributed by atoms with E-state index in [9.17, 15) is 23.3 Å². The molecule has 1 aliphatic heterocycles. The monoisotopic (exact) mass is 538 g/mol. The summed E-state index contributed by atoms with van der Waals surface area (Å²) in [6, 6.07) is 4.96. The highest BCUT2D eigenvalue weighted by molar-refractivity contribution is 7.80. The average molecular weight is 539 g/mol. The van der Waals surface area contributed by atoms with Gasteiger partial charge in [0.25, 0.3) is 5.69 Å². The average Bonchev–Trinajstić information content (AvgIpc) is 2.89. The smallest absolute Gasteiger partial charge is 0.423 e. The molecule has 0 amide bonds. The third-order valence-electron chi connectivity index (χ3n) is 6.69. The van der Waals surface area contributed by atoms with Crippen molar-refractivity contribution >= 4 is 34.4 Å². The van der Waals surface area contributed by atoms with Crippen molar-refractivity contribution in [2.75, 3.05) is 43.4 Å². The van der Waals surface area contributed by atoms with E-state index in [1.807, 2.05) is 19.3 Å². The Balaban J connectivity index is 1.30. The van der Waals surface area contributed by atoms with Crippen LogP contribution in [0.2, 0.25) is 0 Å². The van der Waals surface area contributed by atoms with Crippen LogP contribution in [0, 0.1) is 10.1 Å². The number of rotatable bonds is 6. The molecule has 0 radical (unpaired) electrons. The van der Waals surface area contributed by atoms with Crippen LogP contribution in [-0.2, 0) is 6.18 Å². The number of pyridine rings is 1. The first-order chi connectivity index (χ1) is 17.6. The summed E-state index contributed by atoms with van der Waals surface area (Å²) >= 11 is 5.31. The first-order valence-corrected chi connectivity index (χ1v) is 12.5. The number of ether oxygens (including phenoxy) is 1. The molecule has 2 fully saturated rings. The quantitative estimate of drug-likeness (QED) is 0.314. The van der Waals surface area contributed by atoms with Crippen LogP contribution in [0.25, 0.3) is 0 Å². The van der Waals surface area contributed by atoms with Crippen molar-refractivity contribution < 1.29 is 22.8 Å². The van der Waals surface area contributed by atoms with Gasteiger partial charge in [0.2, 0.25) is 0 Å². The van der Waals surface area contributed by atoms with Crippen LogP contribution in [-0.4, -0.2) is 65.3 Å². The molecule has 4 rings (SSSR count). The molecule has 2 heterocycles. The number of hydrogen-bond acceptors (Lipinski definition) is 7. The van der Waals surface area contributed by atoms with Crippen LogP contribution >= 0.6 is 12.2 Å². The van der Waals surface area contributed by atoms with Crippen LogP contribution in [0.4, 0.5) is 30.2 Å². The second-order valence-electron chi connectivity index (χ2n) is 9.13. The number of alkyl halides is 3. The molecule has 0 spiro atoms. The number of halogens is 3. The van der Waals surface area contributed by atoms with E-state index >= 15 is 0 Å². The van der Waals surface area contributed by atoms with Gasteiger partial charge in [-0.1, -0.05) is 0 Å². The Morgan fingerprint density at radius 2 is 1.84 bits per heavy atom. The van der Waals surface area contributed by atoms with Crippen molar-refractivity contribution in [3.8, 4) is 5.75 Å². The first kappa shape index (κ1) is 26.7. The summed E-state index contributed by atoms with van der Waals surface area (Å²) in [5.41, 5.74) is -0.997. The fourth-order valence-electron chi connectivity index (χ4n) is 4.74. The number of hydrogen-bond donors (Lipinski definition) is 2. The number of piperazine rings is 1. The van der Waals surface area contributed by atoms with E-state index in [2.05, 4.69) is 25.4 Å². The maximum Gasteiger partial charge on any atom is 0.423 e. The van der Waals surface area contributed by atoms with Crippen molar-refractivity contribution in [3.63, 3.8) is 0 Å². The second kappa shape index (κ2) is 11.4. The van der Waals surface area contributed by atoms with Gasteiger partial charge in [-0.05, 0) is 50.0 Å². The molecule has 1 saturated carbocycles. The summed E-state index contributed by atoms with van der Waals surface area (Å²) in [7, 11) is 1.82. The van der Waals surface area contributed by atoms with E-state index in [0.29, 0.717) is 18.6 Å². The molecule has 2 N–H and O–H groups in total. The molecule has 1 aromatic heterocycles. The van der Waals surface area contributed by atoms with Gasteiger partial charge >= 0.3 is 6.18 Å². The fraction of sp³-hybridized carbons (Fsp3) is 0.500. The fourth-order valence-corrected chi connectivity index (χ4v) is 4.92. The van der Waals surface area contributed by atoms with Gasteiger partial charge in [-0.2, -0.15) is 13.2 Å². The summed E-state index contributed by atoms with van der Waals surface area (Å²) in [5.74, 6) is 0.687. The lowest BCUT2D eigenvalue weighted by Crippen LogP contribution is -2.51. The molecule has 0 atom stereocenters. The number of nitro groups is 1. The van der Waals surface area contributed by atoms with Crippen LogP contribution in [0.15, 0.2) is 36.7 Å². The summed E-state index contributed by atoms with van der Waals surface area (Å²) in [4.78, 5) is 18.7. The molecule has 9 nitrogen and oxygen atoms in total. The Bertz CT molecular complexity index is 1120. The number of thiocarbonyl (C=S) groups is 1. The number of nitro benzene ring substituents is 1. The predicted molar refractivity (Wildman–Crippen MR) is 138 cm³/mol. The highest BCUT2D eigenvalue weighted by atomic mass is 32.1. The molecule has 2 aliphatic rings. The van der Waals surface area contributed by atoms with Crippen molar-refractivity contribution in [2.24, 2.45) is 0 Å². The Labute approximate surface area is 218 Å². The Kier molecular flexibility index (Phi) is 8.20. The van der Waals surface area contributed by atoms with Gasteiger partial charge in [0.15, 0.2) is 5.11 Å². The van der Waals surface area contributed by atoms with Gasteiger partial charge < -0.3 is 25.2 Å². The molecule has 0 bridgehead atoms. The molecule has 1 saturated heterocycles. The van der Waals surface area contributed by atoms with E-state index in [1.165, 1.54) is 6.07 Å². The van der Waals surface area contributed by atoms with E-state index < -0.39 is 22.4 Å². The zero-order valence-corrected chi connectivity index (χ0v) is 21.1. The third-order valence-corrected chi connectivity index (χ3v) is 7.15. The second-order valence-corrected chi connectivity index (χ2v) is 9.52. The maximum absolute atomic E-state index is 13.3. The zero-order valence-electron chi connectivity index (χ0n) is 20.3. The van der Waals surface area contributed by atoms with Gasteiger partial charge in [0.05, 0.1) is 29.1 Å². The summed E-state index contributed by atoms with van der Waals surface area (Å²) in [6.45, 7) is 3.28. The molecule has 1 aromatic carbocycles. The number of aromatic nitrogens is 1. The van der Waals surface area contributed by atoms with Crippen LogP contribution in [0.3, 0.4) is 0 Å². The van der Waals surface area contributed by atoms with Crippen LogP contribution in [0.5, 0.6) is 5.75 Å². The lowest BCUT2D eigenvalue weighted by Gasteiger charge is -2.37. The molecular formula is C24H29F3N6O3S. The normalized spacial score (nSPS) is 20.3. The summed E-state index contributed by atoms with van der Waals surface area (Å²) in [5, 5.41) is 17.8. The minimum absolute atomic E-state index is 0.0254. The van der Waals surface area contributed by atoms with Gasteiger partial charge in [-0.25, -0.2) is 0 Å². The summed E-state index contributed by atoms with van der Waals surface area (Å²) < 4.78 is 46.0. The molecule has 2 aromatic rings. The molecular weight excluding hydrogens is 509 g/mol. The molecule has 37 heavy (non-hydrogen) atoms. The molecule has 13 heteroatoms. The van der Waals surface area contributed by atoms with E-state index in [4.69, 9.17) is 17.0 Å². The van der Waals surface area contributed by atoms with Crippen LogP contribution < -0.4 is 20.3 Å². The van der Waals surface area contributed by atoms with Gasteiger partial charge in [0, 0.05) is 57.1 Å². The highest BCUT2D eigenvalue weighted by Gasteiger charge is 2.38. The minimum Gasteiger partial charge on any atom is -0.489 e. The van der Waals surface area contributed by atoms with Gasteiger partial charge in [0.1, 0.15) is 11.3 Å². The lowest BCUT2D eigenvalue weighted by atomic mass is 9.92. The van der Waals surface area contributed by atoms with Crippen molar-refractivity contribution in [3.05, 3.63) is 52.3 Å². The molecule has 0 unspecified atom stereocenters. The van der Waals surface area contributed by atoms with Crippen molar-refractivity contribution in [2.45, 2.75) is 44.0 Å². The Morgan fingerprint density at radius 1 is 1.14 bits per heavy atom. The maximum atomic E-state index is 13.3. The van der Waals surface area contributed by atoms with Crippen molar-refractivity contribution in [1.82, 2.24) is 15.2 Å². The minimum atomic E-state index is -4.80. The lowest BCUT2D eigenvalue weighted by molar-refractivity contribution is -0.388. The Morgan fingerprint density at radius 3 is 2.46 bits per heavy atom. The highest BCUT2D eigenvalue weighted by Crippen LogP contribution is 2.38. The van der Waals surface area contributed by atoms with Crippen molar-refractivity contribution in [1.29, 1.82) is 0 Å². The first-order valence-electron chi connectivity index (χ1n) is 12.1. The Hall–Kier alpha value is -3.35. The number of anilines is 2. The number of benzene rings is 1. The third kappa shape index (κ3) is 6.70. The van der Waals surface area contributed by atoms with Gasteiger partial charge in [-0.3, -0.25) is 15.1 Å². The molecule has 1 aliphatic carbocycles. The number of nitrogens with one attached hydrogen (secondary N) is 2. The van der Waals surface area contributed by atoms with Gasteiger partial charge in [-0.15, -0.1) is 0 Å². The van der Waals surface area contributed by atoms with Crippen LogP contribution in [0.1, 0.15) is 31.2 Å². The topological polar surface area (TPSA) is 95.8 Å². The zero-order chi connectivity index (χ0) is 26.6. The largest absolute Gasteiger partial charge is 0.489 e. The number of nitrogens with zero attached hydrogens (tertiary/aromatic N) is 4. The SMILES string of the molecule is CNC(=S)N1CCN(c2cncc(O[C@H]3CC[C@H](Nc4ccc([N+](=O)[O-])c(C(F)(F)F)c4)CC3)c2)CC1. The predicted octanol–water partition coefficient (Wildman–Crippen LogP) is 4.44. The summed E-state index contributed by atoms with van der Waals surface area (Å²) in [6.07, 6.45) is 1.52. The van der Waals surface area contributed by atoms with E-state index in [1.54, 1.807) is 6.20 Å².